The highest BCUT2D eigenvalue weighted by Gasteiger charge is 2.08. The topological polar surface area (TPSA) is 67.4 Å². The second kappa shape index (κ2) is 8.94. The van der Waals surface area contributed by atoms with Crippen LogP contribution in [-0.2, 0) is 16.4 Å². The van der Waals surface area contributed by atoms with Gasteiger partial charge in [-0.25, -0.2) is 13.1 Å². The van der Waals surface area contributed by atoms with Gasteiger partial charge >= 0.3 is 0 Å². The number of nitrogens with one attached hydrogen (secondary N) is 2. The molecule has 0 atom stereocenters. The summed E-state index contributed by atoms with van der Waals surface area (Å²) in [6, 6.07) is 7.64. The van der Waals surface area contributed by atoms with Gasteiger partial charge in [-0.3, -0.25) is 0 Å². The molecule has 0 aliphatic rings. The zero-order valence-corrected chi connectivity index (χ0v) is 13.0. The van der Waals surface area contributed by atoms with Gasteiger partial charge in [0.1, 0.15) is 5.75 Å². The van der Waals surface area contributed by atoms with Gasteiger partial charge in [-0.15, -0.1) is 0 Å². The van der Waals surface area contributed by atoms with Crippen LogP contribution < -0.4 is 14.8 Å². The zero-order valence-electron chi connectivity index (χ0n) is 12.2. The molecule has 114 valence electrons. The number of rotatable bonds is 10. The molecule has 0 fully saturated rings. The quantitative estimate of drug-likeness (QED) is 0.636. The summed E-state index contributed by atoms with van der Waals surface area (Å²) in [6.07, 6.45) is 1.65. The fraction of sp³-hybridized carbons (Fsp3) is 0.571. The van der Waals surface area contributed by atoms with Gasteiger partial charge in [-0.1, -0.05) is 19.1 Å². The molecule has 0 heterocycles. The van der Waals surface area contributed by atoms with Crippen LogP contribution in [0, 0.1) is 0 Å². The van der Waals surface area contributed by atoms with Gasteiger partial charge in [0, 0.05) is 13.1 Å². The lowest BCUT2D eigenvalue weighted by Crippen LogP contribution is -2.33. The first-order valence-electron chi connectivity index (χ1n) is 6.88. The highest BCUT2D eigenvalue weighted by atomic mass is 32.2. The van der Waals surface area contributed by atoms with Crippen molar-refractivity contribution in [2.45, 2.75) is 19.8 Å². The number of sulfonamides is 1. The van der Waals surface area contributed by atoms with Crippen molar-refractivity contribution in [2.24, 2.45) is 0 Å². The molecule has 6 heteroatoms. The summed E-state index contributed by atoms with van der Waals surface area (Å²) in [4.78, 5) is 0. The molecular formula is C14H24N2O3S. The average Bonchev–Trinajstić information content (AvgIpc) is 2.44. The molecule has 1 aromatic rings. The van der Waals surface area contributed by atoms with E-state index in [9.17, 15) is 8.42 Å². The maximum atomic E-state index is 11.7. The van der Waals surface area contributed by atoms with Crippen molar-refractivity contribution in [3.8, 4) is 5.75 Å². The van der Waals surface area contributed by atoms with Crippen LogP contribution in [0.5, 0.6) is 5.75 Å². The maximum Gasteiger partial charge on any atom is 0.212 e. The molecule has 5 nitrogen and oxygen atoms in total. The molecule has 1 aromatic carbocycles. The molecule has 0 aromatic heterocycles. The molecule has 0 aliphatic carbocycles. The van der Waals surface area contributed by atoms with Crippen LogP contribution in [0.1, 0.15) is 18.9 Å². The Morgan fingerprint density at radius 3 is 2.70 bits per heavy atom. The molecule has 0 radical (unpaired) electrons. The molecule has 0 amide bonds. The molecule has 0 saturated carbocycles. The lowest BCUT2D eigenvalue weighted by Gasteiger charge is -2.08. The maximum absolute atomic E-state index is 11.7. The van der Waals surface area contributed by atoms with Crippen LogP contribution in [-0.4, -0.2) is 40.9 Å². The summed E-state index contributed by atoms with van der Waals surface area (Å²) < 4.78 is 31.2. The van der Waals surface area contributed by atoms with Crippen molar-refractivity contribution < 1.29 is 13.2 Å². The predicted molar refractivity (Wildman–Crippen MR) is 81.6 cm³/mol. The molecular weight excluding hydrogens is 276 g/mol. The smallest absolute Gasteiger partial charge is 0.212 e. The van der Waals surface area contributed by atoms with E-state index in [1.165, 1.54) is 0 Å². The van der Waals surface area contributed by atoms with Gasteiger partial charge in [0.15, 0.2) is 0 Å². The van der Waals surface area contributed by atoms with Gasteiger partial charge in [0.25, 0.3) is 0 Å². The van der Waals surface area contributed by atoms with E-state index in [4.69, 9.17) is 4.74 Å². The van der Waals surface area contributed by atoms with E-state index in [0.29, 0.717) is 19.5 Å². The Kier molecular flexibility index (Phi) is 7.58. The van der Waals surface area contributed by atoms with E-state index in [2.05, 4.69) is 10.0 Å². The van der Waals surface area contributed by atoms with E-state index < -0.39 is 10.0 Å². The molecule has 0 unspecified atom stereocenters. The predicted octanol–water partition coefficient (Wildman–Crippen LogP) is 1.16. The molecule has 0 saturated heterocycles. The van der Waals surface area contributed by atoms with Gasteiger partial charge in [-0.05, 0) is 37.1 Å². The van der Waals surface area contributed by atoms with E-state index in [1.807, 2.05) is 31.2 Å². The minimum Gasteiger partial charge on any atom is -0.497 e. The summed E-state index contributed by atoms with van der Waals surface area (Å²) in [5.74, 6) is 0.902. The summed E-state index contributed by atoms with van der Waals surface area (Å²) in [5.41, 5.74) is 1.05. The first kappa shape index (κ1) is 16.9. The van der Waals surface area contributed by atoms with Crippen LogP contribution in [0.15, 0.2) is 24.3 Å². The number of methoxy groups -OCH3 is 1. The normalized spacial score (nSPS) is 11.5. The van der Waals surface area contributed by atoms with Gasteiger partial charge in [0.2, 0.25) is 10.0 Å². The molecule has 2 N–H and O–H groups in total. The Balaban J connectivity index is 2.31. The second-order valence-corrected chi connectivity index (χ2v) is 6.49. The average molecular weight is 300 g/mol. The van der Waals surface area contributed by atoms with E-state index in [0.717, 1.165) is 24.3 Å². The van der Waals surface area contributed by atoms with Crippen LogP contribution in [0.3, 0.4) is 0 Å². The van der Waals surface area contributed by atoms with Crippen molar-refractivity contribution in [1.82, 2.24) is 10.0 Å². The van der Waals surface area contributed by atoms with Gasteiger partial charge in [-0.2, -0.15) is 0 Å². The number of benzene rings is 1. The lowest BCUT2D eigenvalue weighted by molar-refractivity contribution is 0.414. The number of hydrogen-bond acceptors (Lipinski definition) is 4. The lowest BCUT2D eigenvalue weighted by atomic mass is 10.1. The van der Waals surface area contributed by atoms with E-state index in [-0.39, 0.29) is 5.75 Å². The SMILES string of the molecule is CCCNCCS(=O)(=O)NCCc1cccc(OC)c1. The fourth-order valence-corrected chi connectivity index (χ4v) is 2.73. The Morgan fingerprint density at radius 1 is 1.20 bits per heavy atom. The van der Waals surface area contributed by atoms with Crippen molar-refractivity contribution in [3.63, 3.8) is 0 Å². The third kappa shape index (κ3) is 6.88. The molecule has 0 aliphatic heterocycles. The van der Waals surface area contributed by atoms with Crippen molar-refractivity contribution in [2.75, 3.05) is 32.5 Å². The van der Waals surface area contributed by atoms with Gasteiger partial charge < -0.3 is 10.1 Å². The minimum atomic E-state index is -3.19. The van der Waals surface area contributed by atoms with E-state index in [1.54, 1.807) is 7.11 Å². The molecule has 0 spiro atoms. The summed E-state index contributed by atoms with van der Waals surface area (Å²) in [6.45, 7) is 3.79. The van der Waals surface area contributed by atoms with Crippen molar-refractivity contribution in [1.29, 1.82) is 0 Å². The van der Waals surface area contributed by atoms with E-state index >= 15 is 0 Å². The van der Waals surface area contributed by atoms with Crippen molar-refractivity contribution in [3.05, 3.63) is 29.8 Å². The Morgan fingerprint density at radius 2 is 2.00 bits per heavy atom. The monoisotopic (exact) mass is 300 g/mol. The van der Waals surface area contributed by atoms with Crippen LogP contribution in [0.25, 0.3) is 0 Å². The zero-order chi connectivity index (χ0) is 14.8. The third-order valence-electron chi connectivity index (χ3n) is 2.84. The van der Waals surface area contributed by atoms with Gasteiger partial charge in [0.05, 0.1) is 12.9 Å². The van der Waals surface area contributed by atoms with Crippen LogP contribution >= 0.6 is 0 Å². The van der Waals surface area contributed by atoms with Crippen LogP contribution in [0.4, 0.5) is 0 Å². The van der Waals surface area contributed by atoms with Crippen molar-refractivity contribution >= 4 is 10.0 Å². The fourth-order valence-electron chi connectivity index (χ4n) is 1.76. The standard InChI is InChI=1S/C14H24N2O3S/c1-3-8-15-10-11-20(17,18)16-9-7-13-5-4-6-14(12-13)19-2/h4-6,12,15-16H,3,7-11H2,1-2H3. The third-order valence-corrected chi connectivity index (χ3v) is 4.23. The Hall–Kier alpha value is -1.11. The summed E-state index contributed by atoms with van der Waals surface area (Å²) >= 11 is 0. The minimum absolute atomic E-state index is 0.116. The summed E-state index contributed by atoms with van der Waals surface area (Å²) in [7, 11) is -1.58. The molecule has 0 bridgehead atoms. The van der Waals surface area contributed by atoms with Crippen LogP contribution in [0.2, 0.25) is 0 Å². The largest absolute Gasteiger partial charge is 0.497 e. The first-order valence-corrected chi connectivity index (χ1v) is 8.53. The second-order valence-electron chi connectivity index (χ2n) is 4.56. The highest BCUT2D eigenvalue weighted by Crippen LogP contribution is 2.12. The summed E-state index contributed by atoms with van der Waals surface area (Å²) in [5, 5.41) is 3.08. The molecule has 20 heavy (non-hydrogen) atoms. The first-order chi connectivity index (χ1) is 9.57. The Labute approximate surface area is 121 Å². The number of hydrogen-bond donors (Lipinski definition) is 2. The Bertz CT molecular complexity index is 489. The molecule has 1 rings (SSSR count). The highest BCUT2D eigenvalue weighted by molar-refractivity contribution is 7.89. The number of ether oxygens (including phenoxy) is 1.